The zero-order valence-corrected chi connectivity index (χ0v) is 18.3. The Hall–Kier alpha value is -2.71. The number of amides is 2. The lowest BCUT2D eigenvalue weighted by atomic mass is 10.1. The number of aromatic nitrogens is 2. The average Bonchev–Trinajstić information content (AvgIpc) is 3.28. The fraction of sp³-hybridized carbons (Fsp3) is 0.522. The van der Waals surface area contributed by atoms with Crippen molar-refractivity contribution in [2.75, 3.05) is 50.7 Å². The standard InChI is InChI=1S/C23H32N6O2/c1-2-26-14-16-27(17-15-26)12-3-10-24-23(31)20-6-4-19(5-7-20)18-28-21-8-11-25-29(21)13-9-22(28)30/h4-8,11H,2-3,9-10,12-18H2,1H3,(H,24,31). The Labute approximate surface area is 183 Å². The highest BCUT2D eigenvalue weighted by Crippen LogP contribution is 2.23. The largest absolute Gasteiger partial charge is 0.352 e. The van der Waals surface area contributed by atoms with Crippen LogP contribution in [0.5, 0.6) is 0 Å². The predicted molar refractivity (Wildman–Crippen MR) is 120 cm³/mol. The summed E-state index contributed by atoms with van der Waals surface area (Å²) in [6.07, 6.45) is 3.14. The molecular formula is C23H32N6O2. The molecule has 0 radical (unpaired) electrons. The Kier molecular flexibility index (Phi) is 6.99. The van der Waals surface area contributed by atoms with Gasteiger partial charge < -0.3 is 15.1 Å². The smallest absolute Gasteiger partial charge is 0.251 e. The summed E-state index contributed by atoms with van der Waals surface area (Å²) in [6, 6.07) is 9.37. The predicted octanol–water partition coefficient (Wildman–Crippen LogP) is 1.58. The van der Waals surface area contributed by atoms with Gasteiger partial charge in [-0.05, 0) is 37.2 Å². The van der Waals surface area contributed by atoms with Crippen LogP contribution in [0.15, 0.2) is 36.5 Å². The molecule has 2 aliphatic rings. The van der Waals surface area contributed by atoms with Crippen LogP contribution in [0.3, 0.4) is 0 Å². The van der Waals surface area contributed by atoms with E-state index in [1.807, 2.05) is 35.0 Å². The minimum atomic E-state index is -0.0468. The molecule has 0 saturated carbocycles. The van der Waals surface area contributed by atoms with Crippen molar-refractivity contribution in [3.05, 3.63) is 47.7 Å². The maximum absolute atomic E-state index is 12.5. The Balaban J connectivity index is 1.22. The number of likely N-dealkylation sites (N-methyl/N-ethyl adjacent to an activating group) is 1. The van der Waals surface area contributed by atoms with Crippen molar-refractivity contribution in [1.82, 2.24) is 24.9 Å². The van der Waals surface area contributed by atoms with Gasteiger partial charge in [0.2, 0.25) is 5.91 Å². The van der Waals surface area contributed by atoms with Crippen LogP contribution in [0.1, 0.15) is 35.7 Å². The highest BCUT2D eigenvalue weighted by molar-refractivity contribution is 5.95. The molecule has 3 heterocycles. The third-order valence-electron chi connectivity index (χ3n) is 6.21. The van der Waals surface area contributed by atoms with Crippen molar-refractivity contribution >= 4 is 17.6 Å². The molecule has 0 unspecified atom stereocenters. The van der Waals surface area contributed by atoms with Crippen LogP contribution in [-0.2, 0) is 17.9 Å². The molecule has 2 aliphatic heterocycles. The van der Waals surface area contributed by atoms with Gasteiger partial charge in [0.1, 0.15) is 5.82 Å². The molecule has 0 bridgehead atoms. The van der Waals surface area contributed by atoms with Gasteiger partial charge in [-0.2, -0.15) is 5.10 Å². The van der Waals surface area contributed by atoms with E-state index < -0.39 is 0 Å². The summed E-state index contributed by atoms with van der Waals surface area (Å²) in [5, 5.41) is 7.28. The van der Waals surface area contributed by atoms with Gasteiger partial charge in [0.25, 0.3) is 5.91 Å². The monoisotopic (exact) mass is 424 g/mol. The third-order valence-corrected chi connectivity index (χ3v) is 6.21. The summed E-state index contributed by atoms with van der Waals surface area (Å²) >= 11 is 0. The van der Waals surface area contributed by atoms with E-state index in [0.29, 0.717) is 31.6 Å². The van der Waals surface area contributed by atoms with Gasteiger partial charge in [0.15, 0.2) is 0 Å². The Morgan fingerprint density at radius 2 is 1.77 bits per heavy atom. The van der Waals surface area contributed by atoms with E-state index in [0.717, 1.165) is 57.1 Å². The van der Waals surface area contributed by atoms with E-state index >= 15 is 0 Å². The number of rotatable bonds is 8. The minimum absolute atomic E-state index is 0.0468. The number of carbonyl (C=O) groups is 2. The second kappa shape index (κ2) is 10.1. The molecule has 1 N–H and O–H groups in total. The molecule has 166 valence electrons. The van der Waals surface area contributed by atoms with Crippen LogP contribution in [0.4, 0.5) is 5.82 Å². The number of benzene rings is 1. The third kappa shape index (κ3) is 5.32. The van der Waals surface area contributed by atoms with Crippen molar-refractivity contribution in [2.24, 2.45) is 0 Å². The Morgan fingerprint density at radius 1 is 1.03 bits per heavy atom. The number of fused-ring (bicyclic) bond motifs is 1. The molecule has 0 atom stereocenters. The number of hydrogen-bond donors (Lipinski definition) is 1. The van der Waals surface area contributed by atoms with Crippen molar-refractivity contribution < 1.29 is 9.59 Å². The SMILES string of the molecule is CCN1CCN(CCCNC(=O)c2ccc(CN3C(=O)CCn4nccc43)cc2)CC1. The number of nitrogens with zero attached hydrogens (tertiary/aromatic N) is 5. The molecule has 8 nitrogen and oxygen atoms in total. The number of anilines is 1. The van der Waals surface area contributed by atoms with Crippen molar-refractivity contribution in [3.63, 3.8) is 0 Å². The maximum atomic E-state index is 12.5. The van der Waals surface area contributed by atoms with E-state index in [1.54, 1.807) is 11.1 Å². The zero-order chi connectivity index (χ0) is 21.6. The first kappa shape index (κ1) is 21.5. The fourth-order valence-corrected chi connectivity index (χ4v) is 4.24. The van der Waals surface area contributed by atoms with Gasteiger partial charge >= 0.3 is 0 Å². The minimum Gasteiger partial charge on any atom is -0.352 e. The maximum Gasteiger partial charge on any atom is 0.251 e. The number of nitrogens with one attached hydrogen (secondary N) is 1. The second-order valence-electron chi connectivity index (χ2n) is 8.22. The highest BCUT2D eigenvalue weighted by Gasteiger charge is 2.24. The molecule has 0 aliphatic carbocycles. The Morgan fingerprint density at radius 3 is 2.52 bits per heavy atom. The molecule has 1 saturated heterocycles. The highest BCUT2D eigenvalue weighted by atomic mass is 16.2. The van der Waals surface area contributed by atoms with Crippen molar-refractivity contribution in [2.45, 2.75) is 32.9 Å². The molecule has 1 aromatic carbocycles. The van der Waals surface area contributed by atoms with Gasteiger partial charge in [0.05, 0.1) is 19.3 Å². The molecule has 0 spiro atoms. The summed E-state index contributed by atoms with van der Waals surface area (Å²) in [6.45, 7) is 10.7. The van der Waals surface area contributed by atoms with Crippen molar-refractivity contribution in [3.8, 4) is 0 Å². The van der Waals surface area contributed by atoms with Crippen LogP contribution < -0.4 is 10.2 Å². The van der Waals surface area contributed by atoms with E-state index in [1.165, 1.54) is 0 Å². The normalized spacial score (nSPS) is 17.6. The van der Waals surface area contributed by atoms with Crippen LogP contribution in [0.2, 0.25) is 0 Å². The van der Waals surface area contributed by atoms with E-state index in [-0.39, 0.29) is 11.8 Å². The molecule has 2 amide bonds. The van der Waals surface area contributed by atoms with Gasteiger partial charge in [-0.15, -0.1) is 0 Å². The lowest BCUT2D eigenvalue weighted by Crippen LogP contribution is -2.46. The first-order chi connectivity index (χ1) is 15.1. The van der Waals surface area contributed by atoms with Crippen LogP contribution in [0, 0.1) is 0 Å². The quantitative estimate of drug-likeness (QED) is 0.652. The lowest BCUT2D eigenvalue weighted by Gasteiger charge is -2.33. The van der Waals surface area contributed by atoms with E-state index in [9.17, 15) is 9.59 Å². The van der Waals surface area contributed by atoms with Crippen molar-refractivity contribution in [1.29, 1.82) is 0 Å². The number of aryl methyl sites for hydroxylation is 1. The molecule has 1 fully saturated rings. The molecule has 1 aromatic heterocycles. The molecular weight excluding hydrogens is 392 g/mol. The summed E-state index contributed by atoms with van der Waals surface area (Å²) in [5.41, 5.74) is 1.64. The lowest BCUT2D eigenvalue weighted by molar-refractivity contribution is -0.119. The zero-order valence-electron chi connectivity index (χ0n) is 18.3. The first-order valence-corrected chi connectivity index (χ1v) is 11.3. The molecule has 4 rings (SSSR count). The first-order valence-electron chi connectivity index (χ1n) is 11.3. The topological polar surface area (TPSA) is 73.7 Å². The molecule has 8 heteroatoms. The van der Waals surface area contributed by atoms with Crippen LogP contribution in [-0.4, -0.2) is 77.2 Å². The fourth-order valence-electron chi connectivity index (χ4n) is 4.24. The Bertz CT molecular complexity index is 886. The average molecular weight is 425 g/mol. The number of piperazine rings is 1. The van der Waals surface area contributed by atoms with Crippen LogP contribution in [0.25, 0.3) is 0 Å². The van der Waals surface area contributed by atoms with Gasteiger partial charge in [0, 0.05) is 50.8 Å². The summed E-state index contributed by atoms with van der Waals surface area (Å²) in [7, 11) is 0. The van der Waals surface area contributed by atoms with Gasteiger partial charge in [-0.1, -0.05) is 19.1 Å². The molecule has 31 heavy (non-hydrogen) atoms. The van der Waals surface area contributed by atoms with Crippen LogP contribution >= 0.6 is 0 Å². The van der Waals surface area contributed by atoms with E-state index in [2.05, 4.69) is 27.1 Å². The number of hydrogen-bond acceptors (Lipinski definition) is 5. The number of carbonyl (C=O) groups excluding carboxylic acids is 2. The summed E-state index contributed by atoms with van der Waals surface area (Å²) in [5.74, 6) is 0.884. The summed E-state index contributed by atoms with van der Waals surface area (Å²) < 4.78 is 1.85. The summed E-state index contributed by atoms with van der Waals surface area (Å²) in [4.78, 5) is 31.5. The van der Waals surface area contributed by atoms with Gasteiger partial charge in [-0.25, -0.2) is 4.68 Å². The van der Waals surface area contributed by atoms with E-state index in [4.69, 9.17) is 0 Å². The second-order valence-corrected chi connectivity index (χ2v) is 8.22. The van der Waals surface area contributed by atoms with Gasteiger partial charge in [-0.3, -0.25) is 14.5 Å². The molecule has 2 aromatic rings.